The Morgan fingerprint density at radius 1 is 1.32 bits per heavy atom. The molecule has 0 aromatic heterocycles. The van der Waals surface area contributed by atoms with Crippen molar-refractivity contribution in [3.05, 3.63) is 28.8 Å². The van der Waals surface area contributed by atoms with Gasteiger partial charge in [0.25, 0.3) is 0 Å². The molecule has 5 nitrogen and oxygen atoms in total. The van der Waals surface area contributed by atoms with Gasteiger partial charge in [0.05, 0.1) is 12.9 Å². The minimum atomic E-state index is -3.67. The quantitative estimate of drug-likeness (QED) is 0.812. The third kappa shape index (κ3) is 5.35. The highest BCUT2D eigenvalue weighted by Crippen LogP contribution is 2.26. The highest BCUT2D eigenvalue weighted by Gasteiger charge is 2.31. The Balaban J connectivity index is 2.05. The summed E-state index contributed by atoms with van der Waals surface area (Å²) in [5.41, 5.74) is 0.459. The topological polar surface area (TPSA) is 72.5 Å². The minimum Gasteiger partial charge on any atom is -0.496 e. The van der Waals surface area contributed by atoms with E-state index in [1.165, 1.54) is 14.0 Å². The number of carbonyl (C=O) groups excluding carboxylic acids is 1. The van der Waals surface area contributed by atoms with E-state index in [1.54, 1.807) is 18.2 Å². The number of carbonyl (C=O) groups is 1. The molecule has 2 rings (SSSR count). The van der Waals surface area contributed by atoms with Crippen LogP contribution in [0.4, 0.5) is 0 Å². The number of ether oxygens (including phenoxy) is 1. The Morgan fingerprint density at radius 3 is 2.56 bits per heavy atom. The highest BCUT2D eigenvalue weighted by atomic mass is 35.5. The first kappa shape index (κ1) is 20.0. The van der Waals surface area contributed by atoms with E-state index in [1.807, 2.05) is 0 Å². The van der Waals surface area contributed by atoms with Crippen LogP contribution in [0.2, 0.25) is 5.02 Å². The van der Waals surface area contributed by atoms with Crippen molar-refractivity contribution in [2.75, 3.05) is 7.11 Å². The number of rotatable bonds is 6. The van der Waals surface area contributed by atoms with E-state index >= 15 is 0 Å². The van der Waals surface area contributed by atoms with Crippen molar-refractivity contribution in [1.82, 2.24) is 5.32 Å². The second-order valence-corrected chi connectivity index (χ2v) is 9.63. The minimum absolute atomic E-state index is 0.0713. The van der Waals surface area contributed by atoms with Crippen LogP contribution in [0, 0.1) is 5.92 Å². The summed E-state index contributed by atoms with van der Waals surface area (Å²) >= 11 is 5.96. The Hall–Kier alpha value is -1.27. The first-order valence-corrected chi connectivity index (χ1v) is 10.7. The molecule has 1 fully saturated rings. The van der Waals surface area contributed by atoms with E-state index in [0.717, 1.165) is 25.7 Å². The molecule has 1 atom stereocenters. The molecule has 0 bridgehead atoms. The van der Waals surface area contributed by atoms with Crippen LogP contribution in [-0.4, -0.2) is 32.7 Å². The molecular weight excluding hydrogens is 362 g/mol. The fraction of sp³-hybridized carbons (Fsp3) is 0.611. The lowest BCUT2D eigenvalue weighted by Gasteiger charge is -2.28. The normalized spacial score (nSPS) is 22.2. The molecule has 1 saturated carbocycles. The number of nitrogens with one attached hydrogen (secondary N) is 1. The maximum Gasteiger partial charge on any atom is 0.238 e. The zero-order valence-corrected chi connectivity index (χ0v) is 16.5. The Kier molecular flexibility index (Phi) is 6.74. The average Bonchev–Trinajstić information content (AvgIpc) is 2.56. The fourth-order valence-corrected chi connectivity index (χ4v) is 4.59. The van der Waals surface area contributed by atoms with Gasteiger partial charge in [-0.25, -0.2) is 8.42 Å². The van der Waals surface area contributed by atoms with E-state index in [-0.39, 0.29) is 11.8 Å². The van der Waals surface area contributed by atoms with Gasteiger partial charge in [0.2, 0.25) is 5.91 Å². The van der Waals surface area contributed by atoms with Crippen molar-refractivity contribution in [2.24, 2.45) is 5.92 Å². The Morgan fingerprint density at radius 2 is 1.96 bits per heavy atom. The summed E-state index contributed by atoms with van der Waals surface area (Å²) in [6, 6.07) is 4.89. The molecule has 0 heterocycles. The van der Waals surface area contributed by atoms with Crippen molar-refractivity contribution < 1.29 is 17.9 Å². The van der Waals surface area contributed by atoms with Gasteiger partial charge in [-0.15, -0.1) is 0 Å². The van der Waals surface area contributed by atoms with Gasteiger partial charge in [0.1, 0.15) is 11.0 Å². The van der Waals surface area contributed by atoms with Crippen LogP contribution < -0.4 is 10.1 Å². The predicted octanol–water partition coefficient (Wildman–Crippen LogP) is 3.35. The average molecular weight is 388 g/mol. The maximum atomic E-state index is 12.7. The van der Waals surface area contributed by atoms with Gasteiger partial charge in [0.15, 0.2) is 9.84 Å². The molecule has 1 amide bonds. The molecule has 0 radical (unpaired) electrons. The third-order valence-electron chi connectivity index (χ3n) is 4.87. The van der Waals surface area contributed by atoms with Crippen molar-refractivity contribution in [3.8, 4) is 5.75 Å². The van der Waals surface area contributed by atoms with Crippen LogP contribution in [0.25, 0.3) is 0 Å². The van der Waals surface area contributed by atoms with Crippen LogP contribution >= 0.6 is 11.6 Å². The molecule has 1 aromatic rings. The fourth-order valence-electron chi connectivity index (χ4n) is 3.09. The zero-order valence-electron chi connectivity index (χ0n) is 14.9. The number of sulfone groups is 1. The van der Waals surface area contributed by atoms with Crippen molar-refractivity contribution in [3.63, 3.8) is 0 Å². The number of hydrogen-bond donors (Lipinski definition) is 1. The number of amides is 1. The molecule has 1 aliphatic rings. The predicted molar refractivity (Wildman–Crippen MR) is 99.7 cm³/mol. The SMILES string of the molecule is COc1ccc(Cl)cc1CS(=O)(=O)[C@H](C)C(=O)NC1CCC(C)CC1. The number of hydrogen-bond acceptors (Lipinski definition) is 4. The molecule has 1 aliphatic carbocycles. The lowest BCUT2D eigenvalue weighted by molar-refractivity contribution is -0.121. The van der Waals surface area contributed by atoms with Crippen LogP contribution in [-0.2, 0) is 20.4 Å². The van der Waals surface area contributed by atoms with Gasteiger partial charge in [-0.05, 0) is 56.7 Å². The zero-order chi connectivity index (χ0) is 18.6. The molecule has 1 aromatic carbocycles. The third-order valence-corrected chi connectivity index (χ3v) is 7.11. The summed E-state index contributed by atoms with van der Waals surface area (Å²) < 4.78 is 30.5. The molecule has 0 spiro atoms. The van der Waals surface area contributed by atoms with E-state index < -0.39 is 21.0 Å². The standard InChI is InChI=1S/C18H26ClNO4S/c1-12-4-7-16(8-5-12)20-18(21)13(2)25(22,23)11-14-10-15(19)6-9-17(14)24-3/h6,9-10,12-13,16H,4-5,7-8,11H2,1-3H3,(H,20,21)/t12?,13-,16?/m1/s1. The van der Waals surface area contributed by atoms with Gasteiger partial charge >= 0.3 is 0 Å². The van der Waals surface area contributed by atoms with Crippen LogP contribution in [0.1, 0.15) is 45.1 Å². The molecule has 140 valence electrons. The van der Waals surface area contributed by atoms with Gasteiger partial charge in [0, 0.05) is 16.6 Å². The van der Waals surface area contributed by atoms with Gasteiger partial charge < -0.3 is 10.1 Å². The summed E-state index contributed by atoms with van der Waals surface area (Å²) in [4.78, 5) is 12.4. The second kappa shape index (κ2) is 8.41. The first-order chi connectivity index (χ1) is 11.7. The summed E-state index contributed by atoms with van der Waals surface area (Å²) in [5.74, 6) is 0.402. The largest absolute Gasteiger partial charge is 0.496 e. The molecule has 7 heteroatoms. The number of benzene rings is 1. The van der Waals surface area contributed by atoms with Gasteiger partial charge in [-0.2, -0.15) is 0 Å². The first-order valence-electron chi connectivity index (χ1n) is 8.57. The Bertz CT molecular complexity index is 712. The smallest absolute Gasteiger partial charge is 0.238 e. The van der Waals surface area contributed by atoms with E-state index in [9.17, 15) is 13.2 Å². The molecule has 0 aliphatic heterocycles. The molecule has 1 N–H and O–H groups in total. The number of methoxy groups -OCH3 is 1. The van der Waals surface area contributed by atoms with E-state index in [0.29, 0.717) is 22.3 Å². The van der Waals surface area contributed by atoms with Crippen LogP contribution in [0.3, 0.4) is 0 Å². The molecule has 0 unspecified atom stereocenters. The Labute approximate surface area is 155 Å². The summed E-state index contributed by atoms with van der Waals surface area (Å²) in [6.45, 7) is 3.64. The van der Waals surface area contributed by atoms with Crippen molar-refractivity contribution >= 4 is 27.3 Å². The monoisotopic (exact) mass is 387 g/mol. The number of halogens is 1. The highest BCUT2D eigenvalue weighted by molar-refractivity contribution is 7.92. The summed E-state index contributed by atoms with van der Waals surface area (Å²) in [7, 11) is -2.20. The maximum absolute atomic E-state index is 12.7. The lowest BCUT2D eigenvalue weighted by atomic mass is 9.87. The summed E-state index contributed by atoms with van der Waals surface area (Å²) in [5, 5.41) is 2.21. The molecular formula is C18H26ClNO4S. The van der Waals surface area contributed by atoms with Crippen molar-refractivity contribution in [2.45, 2.75) is 56.6 Å². The van der Waals surface area contributed by atoms with Crippen LogP contribution in [0.15, 0.2) is 18.2 Å². The van der Waals surface area contributed by atoms with Gasteiger partial charge in [-0.3, -0.25) is 4.79 Å². The molecule has 0 saturated heterocycles. The van der Waals surface area contributed by atoms with E-state index in [4.69, 9.17) is 16.3 Å². The van der Waals surface area contributed by atoms with Crippen molar-refractivity contribution in [1.29, 1.82) is 0 Å². The molecule has 25 heavy (non-hydrogen) atoms. The van der Waals surface area contributed by atoms with Gasteiger partial charge in [-0.1, -0.05) is 18.5 Å². The second-order valence-electron chi connectivity index (χ2n) is 6.87. The van der Waals surface area contributed by atoms with E-state index in [2.05, 4.69) is 12.2 Å². The van der Waals surface area contributed by atoms with Crippen LogP contribution in [0.5, 0.6) is 5.75 Å². The lowest BCUT2D eigenvalue weighted by Crippen LogP contribution is -2.44. The summed E-state index contributed by atoms with van der Waals surface area (Å²) in [6.07, 6.45) is 3.93.